The largest absolute Gasteiger partial charge is 0.388 e. The van der Waals surface area contributed by atoms with Crippen molar-refractivity contribution in [2.45, 2.75) is 67.2 Å². The van der Waals surface area contributed by atoms with Gasteiger partial charge in [-0.2, -0.15) is 5.26 Å². The van der Waals surface area contributed by atoms with Crippen molar-refractivity contribution in [1.29, 1.82) is 5.26 Å². The predicted molar refractivity (Wildman–Crippen MR) is 97.6 cm³/mol. The van der Waals surface area contributed by atoms with E-state index in [0.717, 1.165) is 55.7 Å². The summed E-state index contributed by atoms with van der Waals surface area (Å²) in [6.07, 6.45) is 9.45. The molecule has 1 saturated carbocycles. The van der Waals surface area contributed by atoms with E-state index in [9.17, 15) is 14.6 Å². The van der Waals surface area contributed by atoms with E-state index in [1.165, 1.54) is 17.3 Å². The first-order valence-electron chi connectivity index (χ1n) is 8.64. The number of hydrogen-bond acceptors (Lipinski definition) is 5. The van der Waals surface area contributed by atoms with Crippen molar-refractivity contribution in [2.75, 3.05) is 12.0 Å². The molecule has 4 nitrogen and oxygen atoms in total. The fourth-order valence-electron chi connectivity index (χ4n) is 3.83. The average molecular weight is 365 g/mol. The van der Waals surface area contributed by atoms with Crippen LogP contribution < -0.4 is 0 Å². The number of aromatic nitrogens is 1. The van der Waals surface area contributed by atoms with Crippen molar-refractivity contribution >= 4 is 22.6 Å². The molecule has 0 spiro atoms. The van der Waals surface area contributed by atoms with E-state index in [4.69, 9.17) is 4.98 Å². The molecule has 3 atom stereocenters. The Balaban J connectivity index is 1.80. The Morgan fingerprint density at radius 1 is 1.42 bits per heavy atom. The van der Waals surface area contributed by atoms with Gasteiger partial charge in [-0.15, -0.1) is 11.8 Å². The SMILES string of the molecule is C[S@@](=O)[C@H]1CCCC[C@@]1(O)CSc1nc2c(cc1C#N)CCCC2. The molecule has 1 fully saturated rings. The topological polar surface area (TPSA) is 74.0 Å². The number of aliphatic hydroxyl groups is 1. The lowest BCUT2D eigenvalue weighted by molar-refractivity contribution is 0.0326. The summed E-state index contributed by atoms with van der Waals surface area (Å²) in [5.41, 5.74) is 1.99. The average Bonchev–Trinajstić information content (AvgIpc) is 2.59. The standard InChI is InChI=1S/C18H24N2O2S2/c1-24(22)16-8-4-5-9-18(16,21)12-23-17-14(11-19)10-13-6-2-3-7-15(13)20-17/h10,16,21H,2-9,12H2,1H3/t16-,18+,24+/m0/s1. The highest BCUT2D eigenvalue weighted by atomic mass is 32.2. The molecule has 130 valence electrons. The van der Waals surface area contributed by atoms with Crippen molar-refractivity contribution in [3.63, 3.8) is 0 Å². The van der Waals surface area contributed by atoms with E-state index < -0.39 is 16.4 Å². The second kappa shape index (κ2) is 7.55. The van der Waals surface area contributed by atoms with Gasteiger partial charge in [0.05, 0.1) is 16.4 Å². The molecule has 0 aliphatic heterocycles. The van der Waals surface area contributed by atoms with Gasteiger partial charge >= 0.3 is 0 Å². The fraction of sp³-hybridized carbons (Fsp3) is 0.667. The third-order valence-electron chi connectivity index (χ3n) is 5.17. The highest BCUT2D eigenvalue weighted by Crippen LogP contribution is 2.37. The lowest BCUT2D eigenvalue weighted by atomic mass is 9.86. The Bertz CT molecular complexity index is 686. The van der Waals surface area contributed by atoms with E-state index in [0.29, 0.717) is 17.7 Å². The van der Waals surface area contributed by atoms with E-state index in [1.54, 1.807) is 6.26 Å². The van der Waals surface area contributed by atoms with Crippen LogP contribution in [0.4, 0.5) is 0 Å². The quantitative estimate of drug-likeness (QED) is 0.832. The van der Waals surface area contributed by atoms with Gasteiger partial charge in [-0.25, -0.2) is 4.98 Å². The molecular weight excluding hydrogens is 340 g/mol. The van der Waals surface area contributed by atoms with Crippen molar-refractivity contribution in [3.05, 3.63) is 22.9 Å². The molecule has 0 aromatic carbocycles. The first kappa shape index (κ1) is 17.9. The molecule has 0 bridgehead atoms. The molecule has 1 N–H and O–H groups in total. The molecule has 6 heteroatoms. The Kier molecular flexibility index (Phi) is 5.63. The van der Waals surface area contributed by atoms with Gasteiger partial charge in [0.25, 0.3) is 0 Å². The molecule has 1 heterocycles. The summed E-state index contributed by atoms with van der Waals surface area (Å²) in [5.74, 6) is 0.456. The second-order valence-corrected chi connectivity index (χ2v) is 9.42. The Hall–Kier alpha value is -0.900. The van der Waals surface area contributed by atoms with Crippen molar-refractivity contribution in [3.8, 4) is 6.07 Å². The van der Waals surface area contributed by atoms with Gasteiger partial charge in [-0.05, 0) is 50.2 Å². The maximum Gasteiger partial charge on any atom is 0.114 e. The zero-order valence-electron chi connectivity index (χ0n) is 14.1. The van der Waals surface area contributed by atoms with Gasteiger partial charge in [0.15, 0.2) is 0 Å². The van der Waals surface area contributed by atoms with Gasteiger partial charge in [0, 0.05) is 28.5 Å². The minimum atomic E-state index is -1.04. The van der Waals surface area contributed by atoms with Crippen LogP contribution in [0, 0.1) is 11.3 Å². The fourth-order valence-corrected chi connectivity index (χ4v) is 6.42. The third-order valence-corrected chi connectivity index (χ3v) is 7.88. The Morgan fingerprint density at radius 3 is 2.96 bits per heavy atom. The van der Waals surface area contributed by atoms with Gasteiger partial charge in [-0.1, -0.05) is 12.8 Å². The van der Waals surface area contributed by atoms with Crippen molar-refractivity contribution < 1.29 is 9.32 Å². The molecule has 24 heavy (non-hydrogen) atoms. The normalized spacial score (nSPS) is 28.0. The lowest BCUT2D eigenvalue weighted by Crippen LogP contribution is -2.49. The van der Waals surface area contributed by atoms with Crippen LogP contribution in [0.15, 0.2) is 11.1 Å². The summed E-state index contributed by atoms with van der Waals surface area (Å²) in [6.45, 7) is 0. The number of hydrogen-bond donors (Lipinski definition) is 1. The minimum absolute atomic E-state index is 0.179. The van der Waals surface area contributed by atoms with E-state index in [2.05, 4.69) is 6.07 Å². The Morgan fingerprint density at radius 2 is 2.21 bits per heavy atom. The van der Waals surface area contributed by atoms with Gasteiger partial charge < -0.3 is 5.11 Å². The number of fused-ring (bicyclic) bond motifs is 1. The predicted octanol–water partition coefficient (Wildman–Crippen LogP) is 2.98. The lowest BCUT2D eigenvalue weighted by Gasteiger charge is -2.38. The van der Waals surface area contributed by atoms with Gasteiger partial charge in [0.2, 0.25) is 0 Å². The highest BCUT2D eigenvalue weighted by molar-refractivity contribution is 7.99. The molecule has 2 aliphatic carbocycles. The van der Waals surface area contributed by atoms with Crippen LogP contribution >= 0.6 is 11.8 Å². The van der Waals surface area contributed by atoms with Crippen molar-refractivity contribution in [1.82, 2.24) is 4.98 Å². The van der Waals surface area contributed by atoms with Crippen LogP contribution in [-0.4, -0.2) is 37.2 Å². The number of nitrogens with zero attached hydrogens (tertiary/aromatic N) is 2. The summed E-state index contributed by atoms with van der Waals surface area (Å²) >= 11 is 1.45. The number of pyridine rings is 1. The molecular formula is C18H24N2O2S2. The van der Waals surface area contributed by atoms with Gasteiger partial charge in [0.1, 0.15) is 11.1 Å². The Labute approximate surface area is 150 Å². The first-order valence-corrected chi connectivity index (χ1v) is 11.2. The second-order valence-electron chi connectivity index (χ2n) is 6.89. The number of aryl methyl sites for hydroxylation is 2. The number of thioether (sulfide) groups is 1. The molecule has 1 aromatic rings. The summed E-state index contributed by atoms with van der Waals surface area (Å²) in [4.78, 5) is 4.72. The highest BCUT2D eigenvalue weighted by Gasteiger charge is 2.41. The van der Waals surface area contributed by atoms with Crippen LogP contribution in [0.3, 0.4) is 0 Å². The number of nitriles is 1. The monoisotopic (exact) mass is 364 g/mol. The van der Waals surface area contributed by atoms with Gasteiger partial charge in [-0.3, -0.25) is 4.21 Å². The smallest absolute Gasteiger partial charge is 0.114 e. The molecule has 0 amide bonds. The maximum atomic E-state index is 12.0. The molecule has 3 rings (SSSR count). The number of rotatable bonds is 4. The summed E-state index contributed by atoms with van der Waals surface area (Å²) in [7, 11) is -1.04. The van der Waals surface area contributed by atoms with Crippen molar-refractivity contribution in [2.24, 2.45) is 0 Å². The van der Waals surface area contributed by atoms with E-state index in [-0.39, 0.29) is 5.25 Å². The van der Waals surface area contributed by atoms with E-state index >= 15 is 0 Å². The third kappa shape index (κ3) is 3.68. The summed E-state index contributed by atoms with van der Waals surface area (Å²) < 4.78 is 12.0. The zero-order valence-corrected chi connectivity index (χ0v) is 15.7. The van der Waals surface area contributed by atoms with Crippen LogP contribution in [0.2, 0.25) is 0 Å². The maximum absolute atomic E-state index is 12.0. The van der Waals surface area contributed by atoms with E-state index in [1.807, 2.05) is 6.07 Å². The molecule has 0 radical (unpaired) electrons. The molecule has 1 aromatic heterocycles. The van der Waals surface area contributed by atoms with Crippen LogP contribution in [0.5, 0.6) is 0 Å². The summed E-state index contributed by atoms with van der Waals surface area (Å²) in [5, 5.41) is 21.0. The van der Waals surface area contributed by atoms with Crippen LogP contribution in [-0.2, 0) is 23.6 Å². The minimum Gasteiger partial charge on any atom is -0.388 e. The first-order chi connectivity index (χ1) is 11.5. The van der Waals surface area contributed by atoms with Crippen LogP contribution in [0.25, 0.3) is 0 Å². The molecule has 2 aliphatic rings. The molecule has 0 saturated heterocycles. The zero-order chi connectivity index (χ0) is 17.2. The molecule has 0 unspecified atom stereocenters. The summed E-state index contributed by atoms with van der Waals surface area (Å²) in [6, 6.07) is 4.23. The van der Waals surface area contributed by atoms with Crippen LogP contribution in [0.1, 0.15) is 55.3 Å².